The molecule has 0 bridgehead atoms. The Hall–Kier alpha value is -1.68. The molecule has 0 saturated heterocycles. The molecule has 0 atom stereocenters. The van der Waals surface area contributed by atoms with Crippen molar-refractivity contribution < 1.29 is 4.39 Å². The predicted octanol–water partition coefficient (Wildman–Crippen LogP) is 2.25. The maximum absolute atomic E-state index is 14.0. The quantitative estimate of drug-likeness (QED) is 0.881. The van der Waals surface area contributed by atoms with Crippen molar-refractivity contribution in [2.75, 3.05) is 7.05 Å². The number of halogens is 1. The van der Waals surface area contributed by atoms with E-state index in [1.807, 2.05) is 33.2 Å². The van der Waals surface area contributed by atoms with Crippen molar-refractivity contribution in [2.24, 2.45) is 7.05 Å². The molecule has 3 nitrogen and oxygen atoms in total. The van der Waals surface area contributed by atoms with Crippen LogP contribution in [0.4, 0.5) is 4.39 Å². The molecule has 0 spiro atoms. The maximum atomic E-state index is 14.0. The highest BCUT2D eigenvalue weighted by Crippen LogP contribution is 2.26. The lowest BCUT2D eigenvalue weighted by Gasteiger charge is -2.06. The van der Waals surface area contributed by atoms with Crippen molar-refractivity contribution in [3.05, 3.63) is 41.5 Å². The summed E-state index contributed by atoms with van der Waals surface area (Å²) in [5, 5.41) is 7.13. The van der Waals surface area contributed by atoms with Gasteiger partial charge in [-0.05, 0) is 25.6 Å². The zero-order chi connectivity index (χ0) is 12.4. The van der Waals surface area contributed by atoms with E-state index in [-0.39, 0.29) is 5.82 Å². The second kappa shape index (κ2) is 4.67. The molecule has 0 saturated carbocycles. The van der Waals surface area contributed by atoms with Gasteiger partial charge in [-0.3, -0.25) is 4.68 Å². The minimum absolute atomic E-state index is 0.200. The van der Waals surface area contributed by atoms with Crippen LogP contribution in [-0.2, 0) is 13.6 Å². The molecule has 17 heavy (non-hydrogen) atoms. The molecule has 0 radical (unpaired) electrons. The lowest BCUT2D eigenvalue weighted by atomic mass is 10.0. The van der Waals surface area contributed by atoms with E-state index in [9.17, 15) is 4.39 Å². The Balaban J connectivity index is 2.43. The summed E-state index contributed by atoms with van der Waals surface area (Å²) in [7, 11) is 3.70. The number of aromatic nitrogens is 2. The van der Waals surface area contributed by atoms with Crippen molar-refractivity contribution in [3.63, 3.8) is 0 Å². The van der Waals surface area contributed by atoms with E-state index in [0.717, 1.165) is 16.8 Å². The molecule has 0 amide bonds. The van der Waals surface area contributed by atoms with Gasteiger partial charge < -0.3 is 5.32 Å². The smallest absolute Gasteiger partial charge is 0.131 e. The molecule has 1 N–H and O–H groups in total. The van der Waals surface area contributed by atoms with Gasteiger partial charge in [-0.15, -0.1) is 0 Å². The van der Waals surface area contributed by atoms with Crippen LogP contribution in [0.2, 0.25) is 0 Å². The van der Waals surface area contributed by atoms with Gasteiger partial charge in [0.2, 0.25) is 0 Å². The van der Waals surface area contributed by atoms with Crippen LogP contribution in [-0.4, -0.2) is 16.8 Å². The van der Waals surface area contributed by atoms with E-state index in [1.165, 1.54) is 0 Å². The van der Waals surface area contributed by atoms with E-state index in [0.29, 0.717) is 12.1 Å². The number of hydrogen-bond donors (Lipinski definition) is 1. The monoisotopic (exact) mass is 233 g/mol. The molecule has 4 heteroatoms. The Kier molecular flexibility index (Phi) is 3.24. The average Bonchev–Trinajstić information content (AvgIpc) is 2.61. The highest BCUT2D eigenvalue weighted by atomic mass is 19.1. The summed E-state index contributed by atoms with van der Waals surface area (Å²) >= 11 is 0. The summed E-state index contributed by atoms with van der Waals surface area (Å²) in [4.78, 5) is 0. The van der Waals surface area contributed by atoms with Crippen LogP contribution in [0.3, 0.4) is 0 Å². The van der Waals surface area contributed by atoms with Crippen LogP contribution in [0.25, 0.3) is 11.1 Å². The lowest BCUT2D eigenvalue weighted by Crippen LogP contribution is -2.05. The second-order valence-corrected chi connectivity index (χ2v) is 4.11. The van der Waals surface area contributed by atoms with Crippen LogP contribution in [0.5, 0.6) is 0 Å². The van der Waals surface area contributed by atoms with E-state index in [4.69, 9.17) is 0 Å². The molecule has 1 aromatic heterocycles. The molecule has 0 aliphatic rings. The summed E-state index contributed by atoms with van der Waals surface area (Å²) in [6.07, 6.45) is 1.70. The topological polar surface area (TPSA) is 29.9 Å². The van der Waals surface area contributed by atoms with Crippen LogP contribution in [0.15, 0.2) is 24.4 Å². The van der Waals surface area contributed by atoms with Crippen molar-refractivity contribution in [1.82, 2.24) is 15.1 Å². The third kappa shape index (κ3) is 2.22. The highest BCUT2D eigenvalue weighted by Gasteiger charge is 2.11. The predicted molar refractivity (Wildman–Crippen MR) is 66.1 cm³/mol. The van der Waals surface area contributed by atoms with Gasteiger partial charge >= 0.3 is 0 Å². The van der Waals surface area contributed by atoms with Crippen molar-refractivity contribution in [2.45, 2.75) is 13.5 Å². The van der Waals surface area contributed by atoms with Gasteiger partial charge in [0.05, 0.1) is 6.20 Å². The number of rotatable bonds is 3. The largest absolute Gasteiger partial charge is 0.316 e. The zero-order valence-corrected chi connectivity index (χ0v) is 10.3. The van der Waals surface area contributed by atoms with Crippen molar-refractivity contribution >= 4 is 0 Å². The molecule has 0 fully saturated rings. The minimum atomic E-state index is -0.200. The molecule has 0 aliphatic heterocycles. The summed E-state index contributed by atoms with van der Waals surface area (Å²) < 4.78 is 15.7. The standard InChI is InChI=1S/C13H16FN3/c1-9-12(8-16-17(9)3)11-5-4-10(7-15-2)6-13(11)14/h4-6,8,15H,7H2,1-3H3. The molecule has 90 valence electrons. The average molecular weight is 233 g/mol. The van der Waals surface area contributed by atoms with E-state index in [2.05, 4.69) is 10.4 Å². The Morgan fingerprint density at radius 2 is 2.12 bits per heavy atom. The maximum Gasteiger partial charge on any atom is 0.131 e. The van der Waals surface area contributed by atoms with Gasteiger partial charge in [0, 0.05) is 30.4 Å². The molecule has 2 rings (SSSR count). The Bertz CT molecular complexity index is 531. The van der Waals surface area contributed by atoms with Gasteiger partial charge in [0.15, 0.2) is 0 Å². The molecular weight excluding hydrogens is 217 g/mol. The van der Waals surface area contributed by atoms with Gasteiger partial charge in [0.1, 0.15) is 5.82 Å². The summed E-state index contributed by atoms with van der Waals surface area (Å²) in [6.45, 7) is 2.60. The first-order chi connectivity index (χ1) is 8.13. The summed E-state index contributed by atoms with van der Waals surface area (Å²) in [5.74, 6) is -0.200. The molecule has 1 aromatic carbocycles. The molecule has 2 aromatic rings. The third-order valence-electron chi connectivity index (χ3n) is 2.94. The number of hydrogen-bond acceptors (Lipinski definition) is 2. The fraction of sp³-hybridized carbons (Fsp3) is 0.308. The van der Waals surface area contributed by atoms with Crippen LogP contribution in [0, 0.1) is 12.7 Å². The highest BCUT2D eigenvalue weighted by molar-refractivity contribution is 5.66. The third-order valence-corrected chi connectivity index (χ3v) is 2.94. The van der Waals surface area contributed by atoms with E-state index in [1.54, 1.807) is 16.9 Å². The van der Waals surface area contributed by atoms with Crippen LogP contribution >= 0.6 is 0 Å². The SMILES string of the molecule is CNCc1ccc(-c2cnn(C)c2C)c(F)c1. The molecule has 0 aliphatic carbocycles. The van der Waals surface area contributed by atoms with Gasteiger partial charge in [-0.2, -0.15) is 5.10 Å². The Morgan fingerprint density at radius 3 is 2.65 bits per heavy atom. The molecule has 0 unspecified atom stereocenters. The zero-order valence-electron chi connectivity index (χ0n) is 10.3. The Morgan fingerprint density at radius 1 is 1.35 bits per heavy atom. The Labute approximate surface area is 100 Å². The van der Waals surface area contributed by atoms with Crippen LogP contribution in [0.1, 0.15) is 11.3 Å². The lowest BCUT2D eigenvalue weighted by molar-refractivity contribution is 0.627. The normalized spacial score (nSPS) is 10.8. The van der Waals surface area contributed by atoms with E-state index < -0.39 is 0 Å². The number of aryl methyl sites for hydroxylation is 1. The van der Waals surface area contributed by atoms with Crippen LogP contribution < -0.4 is 5.32 Å². The second-order valence-electron chi connectivity index (χ2n) is 4.11. The number of nitrogens with one attached hydrogen (secondary N) is 1. The van der Waals surface area contributed by atoms with Gasteiger partial charge in [-0.25, -0.2) is 4.39 Å². The van der Waals surface area contributed by atoms with Gasteiger partial charge in [-0.1, -0.05) is 12.1 Å². The number of nitrogens with zero attached hydrogens (tertiary/aromatic N) is 2. The first-order valence-electron chi connectivity index (χ1n) is 5.55. The molecule has 1 heterocycles. The first kappa shape index (κ1) is 11.8. The van der Waals surface area contributed by atoms with E-state index >= 15 is 0 Å². The molecular formula is C13H16FN3. The fourth-order valence-electron chi connectivity index (χ4n) is 1.85. The van der Waals surface area contributed by atoms with Crippen molar-refractivity contribution in [1.29, 1.82) is 0 Å². The number of benzene rings is 1. The summed E-state index contributed by atoms with van der Waals surface area (Å²) in [6, 6.07) is 5.31. The summed E-state index contributed by atoms with van der Waals surface area (Å²) in [5.41, 5.74) is 3.36. The van der Waals surface area contributed by atoms with Gasteiger partial charge in [0.25, 0.3) is 0 Å². The first-order valence-corrected chi connectivity index (χ1v) is 5.55. The fourth-order valence-corrected chi connectivity index (χ4v) is 1.85. The minimum Gasteiger partial charge on any atom is -0.316 e. The van der Waals surface area contributed by atoms with Crippen molar-refractivity contribution in [3.8, 4) is 11.1 Å².